The first-order valence-electron chi connectivity index (χ1n) is 5.92. The van der Waals surface area contributed by atoms with Crippen molar-refractivity contribution in [3.05, 3.63) is 33.2 Å². The zero-order valence-corrected chi connectivity index (χ0v) is 12.9. The van der Waals surface area contributed by atoms with Gasteiger partial charge in [-0.05, 0) is 6.92 Å². The van der Waals surface area contributed by atoms with Crippen molar-refractivity contribution in [3.63, 3.8) is 0 Å². The minimum absolute atomic E-state index is 0.0778. The zero-order chi connectivity index (χ0) is 15.4. The standard InChI is InChI=1S/C12H12N4O3S2/c1-6-10(7(2)17)21-12(14-6)16-9(19)5-20-11-13-4-3-8(18)15-11/h3-4H,5H2,1-2H3,(H,13,15,18)(H,14,16,19). The molecule has 2 heterocycles. The Balaban J connectivity index is 1.94. The molecule has 0 aromatic carbocycles. The van der Waals surface area contributed by atoms with Gasteiger partial charge in [0.05, 0.1) is 16.3 Å². The summed E-state index contributed by atoms with van der Waals surface area (Å²) in [6.45, 7) is 3.18. The molecule has 0 bridgehead atoms. The second-order valence-electron chi connectivity index (χ2n) is 4.07. The second kappa shape index (κ2) is 6.64. The van der Waals surface area contributed by atoms with Gasteiger partial charge in [-0.1, -0.05) is 23.1 Å². The molecular weight excluding hydrogens is 312 g/mol. The molecule has 0 radical (unpaired) electrons. The molecule has 0 saturated heterocycles. The molecule has 0 saturated carbocycles. The van der Waals surface area contributed by atoms with Gasteiger partial charge in [-0.2, -0.15) is 0 Å². The average molecular weight is 324 g/mol. The number of aromatic nitrogens is 3. The molecule has 2 aromatic heterocycles. The quantitative estimate of drug-likeness (QED) is 0.490. The fourth-order valence-electron chi connectivity index (χ4n) is 1.49. The van der Waals surface area contributed by atoms with Crippen LogP contribution in [0.1, 0.15) is 22.3 Å². The number of H-pyrrole nitrogens is 1. The van der Waals surface area contributed by atoms with Crippen LogP contribution >= 0.6 is 23.1 Å². The highest BCUT2D eigenvalue weighted by atomic mass is 32.2. The number of thioether (sulfide) groups is 1. The molecule has 0 aliphatic rings. The summed E-state index contributed by atoms with van der Waals surface area (Å²) in [5, 5.41) is 3.38. The number of aryl methyl sites for hydroxylation is 1. The molecule has 9 heteroatoms. The fraction of sp³-hybridized carbons (Fsp3) is 0.250. The number of hydrogen-bond donors (Lipinski definition) is 2. The van der Waals surface area contributed by atoms with Gasteiger partial charge in [0, 0.05) is 19.2 Å². The van der Waals surface area contributed by atoms with E-state index in [1.54, 1.807) is 6.92 Å². The lowest BCUT2D eigenvalue weighted by Crippen LogP contribution is -2.15. The first-order chi connectivity index (χ1) is 9.95. The number of rotatable bonds is 5. The SMILES string of the molecule is CC(=O)c1sc(NC(=O)CSc2nccc(=O)[nH]2)nc1C. The smallest absolute Gasteiger partial charge is 0.251 e. The Morgan fingerprint density at radius 3 is 2.86 bits per heavy atom. The van der Waals surface area contributed by atoms with Crippen molar-refractivity contribution in [2.45, 2.75) is 19.0 Å². The van der Waals surface area contributed by atoms with Crippen LogP contribution in [0.3, 0.4) is 0 Å². The van der Waals surface area contributed by atoms with E-state index in [-0.39, 0.29) is 23.0 Å². The molecule has 2 aromatic rings. The maximum absolute atomic E-state index is 11.8. The van der Waals surface area contributed by atoms with E-state index >= 15 is 0 Å². The minimum atomic E-state index is -0.282. The van der Waals surface area contributed by atoms with Crippen molar-refractivity contribution in [2.75, 3.05) is 11.1 Å². The van der Waals surface area contributed by atoms with Crippen molar-refractivity contribution in [3.8, 4) is 0 Å². The third-order valence-corrected chi connectivity index (χ3v) is 4.41. The van der Waals surface area contributed by atoms with E-state index < -0.39 is 0 Å². The highest BCUT2D eigenvalue weighted by Crippen LogP contribution is 2.23. The predicted molar refractivity (Wildman–Crippen MR) is 81.1 cm³/mol. The lowest BCUT2D eigenvalue weighted by atomic mass is 10.3. The Morgan fingerprint density at radius 2 is 2.24 bits per heavy atom. The maximum atomic E-state index is 11.8. The number of thiazole rings is 1. The van der Waals surface area contributed by atoms with Gasteiger partial charge in [0.1, 0.15) is 0 Å². The van der Waals surface area contributed by atoms with Gasteiger partial charge >= 0.3 is 0 Å². The second-order valence-corrected chi connectivity index (χ2v) is 6.03. The number of nitrogens with one attached hydrogen (secondary N) is 2. The molecule has 0 spiro atoms. The summed E-state index contributed by atoms with van der Waals surface area (Å²) in [5.74, 6) is -0.276. The van der Waals surface area contributed by atoms with Crippen molar-refractivity contribution >= 4 is 39.9 Å². The van der Waals surface area contributed by atoms with Crippen molar-refractivity contribution in [1.82, 2.24) is 15.0 Å². The molecule has 110 valence electrons. The molecule has 0 fully saturated rings. The Kier molecular flexibility index (Phi) is 4.86. The number of carbonyl (C=O) groups is 2. The number of nitrogens with zero attached hydrogens (tertiary/aromatic N) is 2. The van der Waals surface area contributed by atoms with Gasteiger partial charge in [0.15, 0.2) is 16.1 Å². The van der Waals surface area contributed by atoms with Crippen LogP contribution < -0.4 is 10.9 Å². The molecule has 0 aliphatic heterocycles. The minimum Gasteiger partial charge on any atom is -0.301 e. The van der Waals surface area contributed by atoms with Gasteiger partial charge < -0.3 is 10.3 Å². The molecule has 1 amide bonds. The number of carbonyl (C=O) groups excluding carboxylic acids is 2. The van der Waals surface area contributed by atoms with Gasteiger partial charge in [0.25, 0.3) is 5.56 Å². The monoisotopic (exact) mass is 324 g/mol. The molecule has 0 unspecified atom stereocenters. The Bertz CT molecular complexity index is 738. The lowest BCUT2D eigenvalue weighted by molar-refractivity contribution is -0.113. The summed E-state index contributed by atoms with van der Waals surface area (Å²) in [5.41, 5.74) is 0.332. The molecule has 7 nitrogen and oxygen atoms in total. The molecule has 2 rings (SSSR count). The fourth-order valence-corrected chi connectivity index (χ4v) is 3.02. The normalized spacial score (nSPS) is 10.4. The van der Waals surface area contributed by atoms with E-state index in [9.17, 15) is 14.4 Å². The third kappa shape index (κ3) is 4.23. The molecular formula is C12H12N4O3S2. The number of aromatic amines is 1. The summed E-state index contributed by atoms with van der Waals surface area (Å²) in [7, 11) is 0. The number of ketones is 1. The van der Waals surface area contributed by atoms with E-state index in [1.807, 2.05) is 0 Å². The lowest BCUT2D eigenvalue weighted by Gasteiger charge is -2.00. The largest absolute Gasteiger partial charge is 0.301 e. The van der Waals surface area contributed by atoms with Crippen LogP contribution in [0.5, 0.6) is 0 Å². The van der Waals surface area contributed by atoms with Crippen LogP contribution in [0.2, 0.25) is 0 Å². The Morgan fingerprint density at radius 1 is 1.48 bits per heavy atom. The van der Waals surface area contributed by atoms with Crippen molar-refractivity contribution < 1.29 is 9.59 Å². The molecule has 0 aliphatic carbocycles. The van der Waals surface area contributed by atoms with E-state index in [2.05, 4.69) is 20.3 Å². The predicted octanol–water partition coefficient (Wildman–Crippen LogP) is 1.47. The van der Waals surface area contributed by atoms with E-state index in [4.69, 9.17) is 0 Å². The van der Waals surface area contributed by atoms with Gasteiger partial charge in [-0.15, -0.1) is 0 Å². The third-order valence-electron chi connectivity index (χ3n) is 2.35. The summed E-state index contributed by atoms with van der Waals surface area (Å²) in [6, 6.07) is 1.30. The van der Waals surface area contributed by atoms with Crippen LogP contribution in [0, 0.1) is 6.92 Å². The zero-order valence-electron chi connectivity index (χ0n) is 11.3. The number of hydrogen-bond acceptors (Lipinski definition) is 7. The van der Waals surface area contributed by atoms with Crippen molar-refractivity contribution in [1.29, 1.82) is 0 Å². The van der Waals surface area contributed by atoms with Crippen LogP contribution in [-0.2, 0) is 4.79 Å². The molecule has 21 heavy (non-hydrogen) atoms. The van der Waals surface area contributed by atoms with Crippen LogP contribution in [0.15, 0.2) is 22.2 Å². The van der Waals surface area contributed by atoms with Crippen LogP contribution in [0.4, 0.5) is 5.13 Å². The van der Waals surface area contributed by atoms with E-state index in [0.717, 1.165) is 23.1 Å². The number of anilines is 1. The topological polar surface area (TPSA) is 105 Å². The molecule has 2 N–H and O–H groups in total. The van der Waals surface area contributed by atoms with E-state index in [1.165, 1.54) is 19.2 Å². The highest BCUT2D eigenvalue weighted by molar-refractivity contribution is 7.99. The number of amides is 1. The maximum Gasteiger partial charge on any atom is 0.251 e. The van der Waals surface area contributed by atoms with Crippen molar-refractivity contribution in [2.24, 2.45) is 0 Å². The first kappa shape index (κ1) is 15.4. The van der Waals surface area contributed by atoms with Gasteiger partial charge in [0.2, 0.25) is 5.91 Å². The summed E-state index contributed by atoms with van der Waals surface area (Å²) in [6.07, 6.45) is 1.38. The summed E-state index contributed by atoms with van der Waals surface area (Å²) in [4.78, 5) is 45.3. The van der Waals surface area contributed by atoms with Gasteiger partial charge in [-0.3, -0.25) is 14.4 Å². The number of Topliss-reactive ketones (excluding diaryl/α,β-unsaturated/α-hetero) is 1. The summed E-state index contributed by atoms with van der Waals surface area (Å²) < 4.78 is 0. The highest BCUT2D eigenvalue weighted by Gasteiger charge is 2.13. The average Bonchev–Trinajstić information content (AvgIpc) is 2.77. The first-order valence-corrected chi connectivity index (χ1v) is 7.72. The molecule has 0 atom stereocenters. The van der Waals surface area contributed by atoms with Crippen LogP contribution in [0.25, 0.3) is 0 Å². The summed E-state index contributed by atoms with van der Waals surface area (Å²) >= 11 is 2.26. The Hall–Kier alpha value is -2.00. The Labute approximate surface area is 128 Å². The van der Waals surface area contributed by atoms with Gasteiger partial charge in [-0.25, -0.2) is 9.97 Å². The van der Waals surface area contributed by atoms with E-state index in [0.29, 0.717) is 20.9 Å². The van der Waals surface area contributed by atoms with Crippen LogP contribution in [-0.4, -0.2) is 32.4 Å².